The van der Waals surface area contributed by atoms with E-state index in [4.69, 9.17) is 14.2 Å². The molecule has 0 unspecified atom stereocenters. The largest absolute Gasteiger partial charge is 0.508 e. The number of fused-ring (bicyclic) bond motifs is 1. The van der Waals surface area contributed by atoms with Gasteiger partial charge < -0.3 is 19.3 Å². The Morgan fingerprint density at radius 3 is 2.06 bits per heavy atom. The number of hydrogen-bond donors (Lipinski definition) is 1. The smallest absolute Gasteiger partial charge is 0.231 e. The van der Waals surface area contributed by atoms with Crippen molar-refractivity contribution in [3.63, 3.8) is 0 Å². The van der Waals surface area contributed by atoms with Crippen LogP contribution in [0.1, 0.15) is 27.0 Å². The monoisotopic (exact) mass is 450 g/mol. The Labute approximate surface area is 197 Å². The number of hydrogen-bond acceptors (Lipinski definition) is 5. The second-order valence-electron chi connectivity index (χ2n) is 7.87. The van der Waals surface area contributed by atoms with E-state index in [-0.39, 0.29) is 17.3 Å². The summed E-state index contributed by atoms with van der Waals surface area (Å²) in [5.74, 6) is 1.52. The van der Waals surface area contributed by atoms with Gasteiger partial charge in [0.05, 0.1) is 5.56 Å². The van der Waals surface area contributed by atoms with Gasteiger partial charge in [0, 0.05) is 6.07 Å². The molecule has 0 saturated heterocycles. The first-order chi connectivity index (χ1) is 16.7. The fourth-order valence-corrected chi connectivity index (χ4v) is 3.64. The number of Topliss-reactive ketones (excluding diaryl/α,β-unsaturated/α-hetero) is 1. The van der Waals surface area contributed by atoms with Crippen LogP contribution in [0, 0.1) is 0 Å². The Morgan fingerprint density at radius 2 is 1.38 bits per heavy atom. The summed E-state index contributed by atoms with van der Waals surface area (Å²) in [6, 6.07) is 29.7. The molecule has 0 amide bonds. The van der Waals surface area contributed by atoms with Crippen LogP contribution in [0.3, 0.4) is 0 Å². The number of rotatable bonds is 7. The Balaban J connectivity index is 1.40. The van der Waals surface area contributed by atoms with Crippen LogP contribution in [-0.2, 0) is 13.2 Å². The zero-order valence-corrected chi connectivity index (χ0v) is 18.3. The number of aromatic hydroxyl groups is 1. The van der Waals surface area contributed by atoms with Gasteiger partial charge in [-0.25, -0.2) is 0 Å². The molecule has 5 rings (SSSR count). The highest BCUT2D eigenvalue weighted by molar-refractivity contribution is 6.14. The normalized spacial score (nSPS) is 13.4. The molecule has 1 N–H and O–H groups in total. The van der Waals surface area contributed by atoms with Crippen LogP contribution in [-0.4, -0.2) is 10.9 Å². The van der Waals surface area contributed by atoms with Gasteiger partial charge in [0.1, 0.15) is 24.7 Å². The first kappa shape index (κ1) is 21.3. The van der Waals surface area contributed by atoms with Gasteiger partial charge in [0.2, 0.25) is 5.78 Å². The number of ketones is 1. The molecule has 0 aromatic heterocycles. The van der Waals surface area contributed by atoms with Gasteiger partial charge in [-0.2, -0.15) is 0 Å². The number of phenols is 1. The predicted octanol–water partition coefficient (Wildman–Crippen LogP) is 6.17. The Kier molecular flexibility index (Phi) is 5.99. The van der Waals surface area contributed by atoms with Crippen molar-refractivity contribution in [2.45, 2.75) is 13.2 Å². The van der Waals surface area contributed by atoms with Crippen molar-refractivity contribution in [1.29, 1.82) is 0 Å². The molecule has 168 valence electrons. The van der Waals surface area contributed by atoms with Crippen LogP contribution in [0.15, 0.2) is 103 Å². The highest BCUT2D eigenvalue weighted by Crippen LogP contribution is 2.36. The molecular weight excluding hydrogens is 428 g/mol. The van der Waals surface area contributed by atoms with Gasteiger partial charge in [-0.05, 0) is 47.0 Å². The molecular formula is C29H22O5. The van der Waals surface area contributed by atoms with Gasteiger partial charge in [0.15, 0.2) is 17.3 Å². The molecule has 1 aliphatic rings. The van der Waals surface area contributed by atoms with Crippen LogP contribution in [0.5, 0.6) is 23.0 Å². The lowest BCUT2D eigenvalue weighted by atomic mass is 10.1. The fourth-order valence-electron chi connectivity index (χ4n) is 3.64. The van der Waals surface area contributed by atoms with Crippen molar-refractivity contribution in [2.24, 2.45) is 0 Å². The standard InChI is InChI=1S/C29H22O5/c30-23-12-13-24-26(17-23)34-28(29(24)31)16-22-11-14-25(32-18-20-7-3-1-4-8-20)27(15-22)33-19-21-9-5-2-6-10-21/h1-17,30H,18-19H2. The molecule has 4 aromatic carbocycles. The minimum Gasteiger partial charge on any atom is -0.508 e. The van der Waals surface area contributed by atoms with Gasteiger partial charge in [-0.3, -0.25) is 4.79 Å². The van der Waals surface area contributed by atoms with E-state index in [9.17, 15) is 9.90 Å². The lowest BCUT2D eigenvalue weighted by Gasteiger charge is -2.14. The van der Waals surface area contributed by atoms with Crippen LogP contribution in [0.4, 0.5) is 0 Å². The number of carbonyl (C=O) groups is 1. The molecule has 5 nitrogen and oxygen atoms in total. The molecule has 1 aliphatic heterocycles. The Morgan fingerprint density at radius 1 is 0.735 bits per heavy atom. The van der Waals surface area contributed by atoms with E-state index in [1.54, 1.807) is 12.1 Å². The van der Waals surface area contributed by atoms with Crippen LogP contribution >= 0.6 is 0 Å². The zero-order valence-electron chi connectivity index (χ0n) is 18.3. The third kappa shape index (κ3) is 4.79. The third-order valence-electron chi connectivity index (χ3n) is 5.39. The van der Waals surface area contributed by atoms with Crippen molar-refractivity contribution < 1.29 is 24.1 Å². The van der Waals surface area contributed by atoms with E-state index in [1.807, 2.05) is 78.9 Å². The maximum absolute atomic E-state index is 12.7. The highest BCUT2D eigenvalue weighted by atomic mass is 16.5. The summed E-state index contributed by atoms with van der Waals surface area (Å²) in [5, 5.41) is 9.67. The van der Waals surface area contributed by atoms with Crippen molar-refractivity contribution in [3.8, 4) is 23.0 Å². The zero-order chi connectivity index (χ0) is 23.3. The van der Waals surface area contributed by atoms with Crippen molar-refractivity contribution in [1.82, 2.24) is 0 Å². The molecule has 0 atom stereocenters. The Bertz CT molecular complexity index is 1340. The van der Waals surface area contributed by atoms with Gasteiger partial charge in [0.25, 0.3) is 0 Å². The molecule has 0 fully saturated rings. The molecule has 0 aliphatic carbocycles. The summed E-state index contributed by atoms with van der Waals surface area (Å²) in [4.78, 5) is 12.7. The predicted molar refractivity (Wildman–Crippen MR) is 129 cm³/mol. The maximum Gasteiger partial charge on any atom is 0.231 e. The van der Waals surface area contributed by atoms with Gasteiger partial charge >= 0.3 is 0 Å². The maximum atomic E-state index is 12.7. The summed E-state index contributed by atoms with van der Waals surface area (Å²) < 4.78 is 17.8. The summed E-state index contributed by atoms with van der Waals surface area (Å²) in [6.45, 7) is 0.784. The van der Waals surface area contributed by atoms with Crippen LogP contribution < -0.4 is 14.2 Å². The van der Waals surface area contributed by atoms with Gasteiger partial charge in [-0.15, -0.1) is 0 Å². The minimum absolute atomic E-state index is 0.0457. The molecule has 0 saturated carbocycles. The van der Waals surface area contributed by atoms with Crippen LogP contribution in [0.25, 0.3) is 6.08 Å². The minimum atomic E-state index is -0.230. The van der Waals surface area contributed by atoms with E-state index in [2.05, 4.69) is 0 Å². The molecule has 1 heterocycles. The quantitative estimate of drug-likeness (QED) is 0.341. The SMILES string of the molecule is O=C1C(=Cc2ccc(OCc3ccccc3)c(OCc3ccccc3)c2)Oc2cc(O)ccc21. The third-order valence-corrected chi connectivity index (χ3v) is 5.39. The topological polar surface area (TPSA) is 65.0 Å². The number of benzene rings is 4. The van der Waals surface area contributed by atoms with Crippen molar-refractivity contribution in [2.75, 3.05) is 0 Å². The average Bonchev–Trinajstić information content (AvgIpc) is 3.17. The molecule has 5 heteroatoms. The molecule has 0 bridgehead atoms. The summed E-state index contributed by atoms with van der Waals surface area (Å²) >= 11 is 0. The molecule has 4 aromatic rings. The fraction of sp³-hybridized carbons (Fsp3) is 0.0690. The Hall–Kier alpha value is -4.51. The number of ether oxygens (including phenoxy) is 3. The van der Waals surface area contributed by atoms with E-state index in [0.717, 1.165) is 16.7 Å². The van der Waals surface area contributed by atoms with E-state index < -0.39 is 0 Å². The number of phenolic OH excluding ortho intramolecular Hbond substituents is 1. The number of allylic oxidation sites excluding steroid dienone is 1. The lowest BCUT2D eigenvalue weighted by Crippen LogP contribution is -2.01. The van der Waals surface area contributed by atoms with E-state index in [1.165, 1.54) is 12.1 Å². The van der Waals surface area contributed by atoms with E-state index in [0.29, 0.717) is 36.0 Å². The lowest BCUT2D eigenvalue weighted by molar-refractivity contribution is 0.101. The second-order valence-corrected chi connectivity index (χ2v) is 7.87. The summed E-state index contributed by atoms with van der Waals surface area (Å²) in [7, 11) is 0. The first-order valence-electron chi connectivity index (χ1n) is 10.9. The van der Waals surface area contributed by atoms with Crippen molar-refractivity contribution in [3.05, 3.63) is 125 Å². The molecule has 0 spiro atoms. The molecule has 34 heavy (non-hydrogen) atoms. The summed E-state index contributed by atoms with van der Waals surface area (Å²) in [5.41, 5.74) is 3.24. The van der Waals surface area contributed by atoms with Crippen LogP contribution in [0.2, 0.25) is 0 Å². The van der Waals surface area contributed by atoms with Gasteiger partial charge in [-0.1, -0.05) is 66.7 Å². The first-order valence-corrected chi connectivity index (χ1v) is 10.9. The number of carbonyl (C=O) groups excluding carboxylic acids is 1. The molecule has 0 radical (unpaired) electrons. The highest BCUT2D eigenvalue weighted by Gasteiger charge is 2.27. The van der Waals surface area contributed by atoms with E-state index >= 15 is 0 Å². The van der Waals surface area contributed by atoms with Crippen molar-refractivity contribution >= 4 is 11.9 Å². The average molecular weight is 450 g/mol. The second kappa shape index (κ2) is 9.55. The summed E-state index contributed by atoms with van der Waals surface area (Å²) in [6.07, 6.45) is 1.66.